The minimum Gasteiger partial charge on any atom is -0.454 e. The lowest BCUT2D eigenvalue weighted by Crippen LogP contribution is -2.15. The Hall–Kier alpha value is -1.57. The van der Waals surface area contributed by atoms with Crippen LogP contribution >= 0.6 is 0 Å². The van der Waals surface area contributed by atoms with E-state index >= 15 is 0 Å². The van der Waals surface area contributed by atoms with Crippen LogP contribution in [0.2, 0.25) is 0 Å². The highest BCUT2D eigenvalue weighted by Gasteiger charge is 2.19. The van der Waals surface area contributed by atoms with Gasteiger partial charge in [-0.3, -0.25) is 0 Å². The third-order valence-corrected chi connectivity index (χ3v) is 3.24. The average Bonchev–Trinajstić information content (AvgIpc) is 2.40. The number of ether oxygens (including phenoxy) is 1. The molecular weight excluding hydrogens is 224 g/mol. The van der Waals surface area contributed by atoms with Crippen LogP contribution in [0.1, 0.15) is 45.8 Å². The zero-order valence-corrected chi connectivity index (χ0v) is 11.6. The summed E-state index contributed by atoms with van der Waals surface area (Å²) in [7, 11) is 0. The van der Waals surface area contributed by atoms with E-state index in [4.69, 9.17) is 4.74 Å². The molecule has 0 amide bonds. The molecule has 18 heavy (non-hydrogen) atoms. The van der Waals surface area contributed by atoms with Crippen LogP contribution in [-0.2, 0) is 9.53 Å². The van der Waals surface area contributed by atoms with E-state index in [1.54, 1.807) is 0 Å². The molecule has 1 aromatic carbocycles. The lowest BCUT2D eigenvalue weighted by atomic mass is 9.98. The maximum atomic E-state index is 12.1. The molecule has 0 aromatic heterocycles. The van der Waals surface area contributed by atoms with E-state index in [-0.39, 0.29) is 18.0 Å². The van der Waals surface area contributed by atoms with Gasteiger partial charge in [-0.1, -0.05) is 50.3 Å². The summed E-state index contributed by atoms with van der Waals surface area (Å²) in [5.74, 6) is 0.0358. The van der Waals surface area contributed by atoms with Gasteiger partial charge in [-0.15, -0.1) is 0 Å². The van der Waals surface area contributed by atoms with Gasteiger partial charge < -0.3 is 4.74 Å². The zero-order chi connectivity index (χ0) is 13.5. The lowest BCUT2D eigenvalue weighted by molar-refractivity contribution is -0.144. The summed E-state index contributed by atoms with van der Waals surface area (Å²) in [5, 5.41) is 0. The number of carbonyl (C=O) groups is 1. The minimum absolute atomic E-state index is 0.205. The monoisotopic (exact) mass is 246 g/mol. The molecule has 1 rings (SSSR count). The van der Waals surface area contributed by atoms with Crippen molar-refractivity contribution in [3.05, 3.63) is 47.5 Å². The Balaban J connectivity index is 2.70. The van der Waals surface area contributed by atoms with Crippen LogP contribution in [0.3, 0.4) is 0 Å². The molecular formula is C16H22O2. The first-order chi connectivity index (χ1) is 8.60. The molecule has 0 aliphatic heterocycles. The lowest BCUT2D eigenvalue weighted by Gasteiger charge is -2.17. The second kappa shape index (κ2) is 7.00. The third-order valence-electron chi connectivity index (χ3n) is 3.24. The van der Waals surface area contributed by atoms with Crippen molar-refractivity contribution in [3.8, 4) is 0 Å². The highest BCUT2D eigenvalue weighted by atomic mass is 16.5. The number of rotatable bonds is 5. The topological polar surface area (TPSA) is 26.3 Å². The molecule has 0 heterocycles. The van der Waals surface area contributed by atoms with E-state index in [9.17, 15) is 4.79 Å². The predicted molar refractivity (Wildman–Crippen MR) is 74.2 cm³/mol. The largest absolute Gasteiger partial charge is 0.454 e. The fourth-order valence-electron chi connectivity index (χ4n) is 1.84. The maximum Gasteiger partial charge on any atom is 0.334 e. The van der Waals surface area contributed by atoms with E-state index in [0.29, 0.717) is 0 Å². The molecule has 0 saturated heterocycles. The molecule has 0 N–H and O–H groups in total. The maximum absolute atomic E-state index is 12.1. The summed E-state index contributed by atoms with van der Waals surface area (Å²) < 4.78 is 5.51. The SMILES string of the molecule is CC=C(C(=O)OC(C)c1ccccc1)C(C)CC. The molecule has 0 saturated carbocycles. The quantitative estimate of drug-likeness (QED) is 0.572. The van der Waals surface area contributed by atoms with Gasteiger partial charge in [0.2, 0.25) is 0 Å². The predicted octanol–water partition coefficient (Wildman–Crippen LogP) is 4.28. The van der Waals surface area contributed by atoms with Gasteiger partial charge >= 0.3 is 5.97 Å². The molecule has 0 bridgehead atoms. The Morgan fingerprint density at radius 3 is 2.39 bits per heavy atom. The van der Waals surface area contributed by atoms with Gasteiger partial charge in [0, 0.05) is 5.57 Å². The molecule has 2 nitrogen and oxygen atoms in total. The molecule has 0 aliphatic rings. The summed E-state index contributed by atoms with van der Waals surface area (Å²) in [6, 6.07) is 9.79. The van der Waals surface area contributed by atoms with Gasteiger partial charge in [0.15, 0.2) is 0 Å². The second-order valence-electron chi connectivity index (χ2n) is 4.51. The van der Waals surface area contributed by atoms with Crippen molar-refractivity contribution in [1.82, 2.24) is 0 Å². The molecule has 1 aromatic rings. The highest BCUT2D eigenvalue weighted by Crippen LogP contribution is 2.21. The number of benzene rings is 1. The number of esters is 1. The molecule has 2 atom stereocenters. The van der Waals surface area contributed by atoms with Crippen LogP contribution in [0.25, 0.3) is 0 Å². The highest BCUT2D eigenvalue weighted by molar-refractivity contribution is 5.89. The molecule has 98 valence electrons. The van der Waals surface area contributed by atoms with Crippen LogP contribution in [0, 0.1) is 5.92 Å². The van der Waals surface area contributed by atoms with Gasteiger partial charge in [-0.2, -0.15) is 0 Å². The first-order valence-electron chi connectivity index (χ1n) is 6.52. The van der Waals surface area contributed by atoms with Crippen LogP contribution in [0.4, 0.5) is 0 Å². The Labute approximate surface area is 110 Å². The van der Waals surface area contributed by atoms with Crippen molar-refractivity contribution in [2.75, 3.05) is 0 Å². The normalized spacial score (nSPS) is 15.0. The van der Waals surface area contributed by atoms with Crippen molar-refractivity contribution >= 4 is 5.97 Å². The van der Waals surface area contributed by atoms with Gasteiger partial charge in [0.25, 0.3) is 0 Å². The Kier molecular flexibility index (Phi) is 5.63. The van der Waals surface area contributed by atoms with Gasteiger partial charge in [-0.05, 0) is 31.7 Å². The van der Waals surface area contributed by atoms with E-state index in [2.05, 4.69) is 6.92 Å². The van der Waals surface area contributed by atoms with Crippen molar-refractivity contribution in [2.45, 2.75) is 40.2 Å². The van der Waals surface area contributed by atoms with Crippen LogP contribution in [0.15, 0.2) is 42.0 Å². The first kappa shape index (κ1) is 14.5. The molecule has 0 aliphatic carbocycles. The Morgan fingerprint density at radius 1 is 1.28 bits per heavy atom. The van der Waals surface area contributed by atoms with E-state index < -0.39 is 0 Å². The van der Waals surface area contributed by atoms with Gasteiger partial charge in [0.05, 0.1) is 0 Å². The number of hydrogen-bond acceptors (Lipinski definition) is 2. The van der Waals surface area contributed by atoms with Crippen molar-refractivity contribution in [2.24, 2.45) is 5.92 Å². The van der Waals surface area contributed by atoms with Crippen molar-refractivity contribution in [3.63, 3.8) is 0 Å². The summed E-state index contributed by atoms with van der Waals surface area (Å²) in [6.45, 7) is 7.90. The number of hydrogen-bond donors (Lipinski definition) is 0. The summed E-state index contributed by atoms with van der Waals surface area (Å²) in [4.78, 5) is 12.1. The molecule has 2 heteroatoms. The zero-order valence-electron chi connectivity index (χ0n) is 11.6. The standard InChI is InChI=1S/C16H22O2/c1-5-12(3)15(6-2)16(17)18-13(4)14-10-8-7-9-11-14/h6-13H,5H2,1-4H3. The Morgan fingerprint density at radius 2 is 1.89 bits per heavy atom. The molecule has 0 radical (unpaired) electrons. The molecule has 2 unspecified atom stereocenters. The Bertz CT molecular complexity index is 406. The van der Waals surface area contributed by atoms with E-state index in [1.807, 2.05) is 57.2 Å². The smallest absolute Gasteiger partial charge is 0.334 e. The number of allylic oxidation sites excluding steroid dienone is 1. The van der Waals surface area contributed by atoms with E-state index in [0.717, 1.165) is 17.6 Å². The summed E-state index contributed by atoms with van der Waals surface area (Å²) in [5.41, 5.74) is 1.78. The summed E-state index contributed by atoms with van der Waals surface area (Å²) in [6.07, 6.45) is 2.58. The van der Waals surface area contributed by atoms with Crippen molar-refractivity contribution in [1.29, 1.82) is 0 Å². The fourth-order valence-corrected chi connectivity index (χ4v) is 1.84. The summed E-state index contributed by atoms with van der Waals surface area (Å²) >= 11 is 0. The average molecular weight is 246 g/mol. The number of carbonyl (C=O) groups excluding carboxylic acids is 1. The second-order valence-corrected chi connectivity index (χ2v) is 4.51. The van der Waals surface area contributed by atoms with Gasteiger partial charge in [-0.25, -0.2) is 4.79 Å². The van der Waals surface area contributed by atoms with Gasteiger partial charge in [0.1, 0.15) is 6.10 Å². The molecule has 0 fully saturated rings. The fraction of sp³-hybridized carbons (Fsp3) is 0.438. The van der Waals surface area contributed by atoms with E-state index in [1.165, 1.54) is 0 Å². The first-order valence-corrected chi connectivity index (χ1v) is 6.52. The van der Waals surface area contributed by atoms with Crippen LogP contribution in [-0.4, -0.2) is 5.97 Å². The molecule has 0 spiro atoms. The van der Waals surface area contributed by atoms with Crippen LogP contribution < -0.4 is 0 Å². The van der Waals surface area contributed by atoms with Crippen LogP contribution in [0.5, 0.6) is 0 Å². The third kappa shape index (κ3) is 3.73. The minimum atomic E-state index is -0.210. The van der Waals surface area contributed by atoms with Crippen molar-refractivity contribution < 1.29 is 9.53 Å².